The largest absolute Gasteiger partial charge is 0.321 e. The van der Waals surface area contributed by atoms with E-state index in [0.29, 0.717) is 11.2 Å². The van der Waals surface area contributed by atoms with Gasteiger partial charge in [-0.15, -0.1) is 0 Å². The zero-order valence-corrected chi connectivity index (χ0v) is 14.5. The number of aromatic amines is 1. The smallest absolute Gasteiger partial charge is 0.263 e. The minimum absolute atomic E-state index is 0.0684. The van der Waals surface area contributed by atoms with Crippen molar-refractivity contribution in [1.82, 2.24) is 4.98 Å². The average molecular weight is 342 g/mol. The Morgan fingerprint density at radius 3 is 2.25 bits per heavy atom. The van der Waals surface area contributed by atoms with E-state index in [1.807, 2.05) is 32.0 Å². The number of benzene rings is 2. The van der Waals surface area contributed by atoms with Crippen LogP contribution >= 0.6 is 0 Å². The van der Waals surface area contributed by atoms with Crippen LogP contribution in [0.3, 0.4) is 0 Å². The predicted octanol–water partition coefficient (Wildman–Crippen LogP) is 3.25. The molecule has 0 atom stereocenters. The van der Waals surface area contributed by atoms with Crippen LogP contribution in [0.25, 0.3) is 10.9 Å². The van der Waals surface area contributed by atoms with E-state index in [0.717, 1.165) is 22.1 Å². The van der Waals surface area contributed by atoms with Gasteiger partial charge in [0.05, 0.1) is 5.52 Å². The first-order chi connectivity index (χ1) is 11.3. The number of anilines is 1. The summed E-state index contributed by atoms with van der Waals surface area (Å²) in [4.78, 5) is 14.5. The summed E-state index contributed by atoms with van der Waals surface area (Å²) in [6.45, 7) is 5.55. The van der Waals surface area contributed by atoms with Crippen LogP contribution < -0.4 is 10.3 Å². The number of rotatable bonds is 3. The van der Waals surface area contributed by atoms with Gasteiger partial charge in [0.15, 0.2) is 0 Å². The molecular formula is C18H18N2O3S. The number of sulfonamides is 1. The van der Waals surface area contributed by atoms with Gasteiger partial charge in [-0.3, -0.25) is 9.52 Å². The van der Waals surface area contributed by atoms with Gasteiger partial charge in [-0.2, -0.15) is 0 Å². The molecule has 124 valence electrons. The topological polar surface area (TPSA) is 79.0 Å². The molecule has 0 saturated heterocycles. The van der Waals surface area contributed by atoms with Crippen LogP contribution in [-0.4, -0.2) is 13.4 Å². The Kier molecular flexibility index (Phi) is 3.93. The van der Waals surface area contributed by atoms with Crippen molar-refractivity contribution in [1.29, 1.82) is 0 Å². The van der Waals surface area contributed by atoms with Crippen molar-refractivity contribution in [2.75, 3.05) is 4.72 Å². The molecule has 5 nitrogen and oxygen atoms in total. The number of nitrogens with one attached hydrogen (secondary N) is 2. The van der Waals surface area contributed by atoms with Gasteiger partial charge in [0, 0.05) is 17.1 Å². The van der Waals surface area contributed by atoms with E-state index >= 15 is 0 Å². The summed E-state index contributed by atoms with van der Waals surface area (Å²) in [6.07, 6.45) is 0. The molecule has 0 aliphatic heterocycles. The number of aryl methyl sites for hydroxylation is 3. The van der Waals surface area contributed by atoms with Gasteiger partial charge >= 0.3 is 0 Å². The third-order valence-corrected chi connectivity index (χ3v) is 5.27. The van der Waals surface area contributed by atoms with Gasteiger partial charge in [-0.25, -0.2) is 8.42 Å². The number of H-pyrrole nitrogens is 1. The zero-order chi connectivity index (χ0) is 17.5. The van der Waals surface area contributed by atoms with Crippen LogP contribution in [0.5, 0.6) is 0 Å². The summed E-state index contributed by atoms with van der Waals surface area (Å²) in [5.74, 6) is 0. The van der Waals surface area contributed by atoms with Gasteiger partial charge < -0.3 is 4.98 Å². The lowest BCUT2D eigenvalue weighted by atomic mass is 10.1. The molecule has 1 aromatic heterocycles. The minimum Gasteiger partial charge on any atom is -0.321 e. The number of aromatic nitrogens is 1. The molecule has 24 heavy (non-hydrogen) atoms. The summed E-state index contributed by atoms with van der Waals surface area (Å²) >= 11 is 0. The van der Waals surface area contributed by atoms with E-state index in [-0.39, 0.29) is 10.5 Å². The Hall–Kier alpha value is -2.60. The molecule has 0 unspecified atom stereocenters. The van der Waals surface area contributed by atoms with E-state index in [2.05, 4.69) is 9.71 Å². The van der Waals surface area contributed by atoms with Crippen molar-refractivity contribution in [3.05, 3.63) is 69.5 Å². The molecule has 0 saturated carbocycles. The van der Waals surface area contributed by atoms with Crippen LogP contribution in [0.4, 0.5) is 5.69 Å². The maximum atomic E-state index is 12.8. The maximum Gasteiger partial charge on any atom is 0.263 e. The Morgan fingerprint density at radius 1 is 0.917 bits per heavy atom. The van der Waals surface area contributed by atoms with Crippen LogP contribution in [0, 0.1) is 20.8 Å². The molecule has 1 heterocycles. The van der Waals surface area contributed by atoms with Crippen LogP contribution in [0.2, 0.25) is 0 Å². The molecule has 0 fully saturated rings. The fourth-order valence-corrected chi connectivity index (χ4v) is 4.00. The molecule has 2 N–H and O–H groups in total. The van der Waals surface area contributed by atoms with E-state index in [4.69, 9.17) is 0 Å². The van der Waals surface area contributed by atoms with E-state index in [1.165, 1.54) is 6.07 Å². The second-order valence-electron chi connectivity index (χ2n) is 5.97. The van der Waals surface area contributed by atoms with Gasteiger partial charge in [0.1, 0.15) is 4.90 Å². The Labute approximate surface area is 140 Å². The molecule has 0 spiro atoms. The van der Waals surface area contributed by atoms with Crippen molar-refractivity contribution in [3.8, 4) is 0 Å². The van der Waals surface area contributed by atoms with Crippen LogP contribution in [0.15, 0.2) is 52.2 Å². The Bertz CT molecular complexity index is 1080. The third kappa shape index (κ3) is 3.05. The summed E-state index contributed by atoms with van der Waals surface area (Å²) in [7, 11) is -3.83. The number of pyridine rings is 1. The first-order valence-electron chi connectivity index (χ1n) is 7.50. The van der Waals surface area contributed by atoms with Gasteiger partial charge in [-0.1, -0.05) is 17.7 Å². The maximum absolute atomic E-state index is 12.8. The van der Waals surface area contributed by atoms with E-state index < -0.39 is 10.0 Å². The lowest BCUT2D eigenvalue weighted by molar-refractivity contribution is 0.602. The average Bonchev–Trinajstić information content (AvgIpc) is 2.49. The first kappa shape index (κ1) is 16.3. The normalized spacial score (nSPS) is 11.6. The van der Waals surface area contributed by atoms with Gasteiger partial charge in [0.25, 0.3) is 10.0 Å². The van der Waals surface area contributed by atoms with E-state index in [9.17, 15) is 13.2 Å². The molecule has 3 rings (SSSR count). The summed E-state index contributed by atoms with van der Waals surface area (Å²) in [5, 5.41) is 0.721. The summed E-state index contributed by atoms with van der Waals surface area (Å²) < 4.78 is 28.3. The van der Waals surface area contributed by atoms with Crippen molar-refractivity contribution in [3.63, 3.8) is 0 Å². The highest BCUT2D eigenvalue weighted by Crippen LogP contribution is 2.26. The highest BCUT2D eigenvalue weighted by molar-refractivity contribution is 7.93. The fourth-order valence-electron chi connectivity index (χ4n) is 2.67. The molecule has 0 bridgehead atoms. The van der Waals surface area contributed by atoms with Crippen molar-refractivity contribution in [2.45, 2.75) is 25.7 Å². The molecule has 0 aliphatic rings. The molecule has 0 radical (unpaired) electrons. The number of hydrogen-bond donors (Lipinski definition) is 2. The quantitative estimate of drug-likeness (QED) is 0.767. The predicted molar refractivity (Wildman–Crippen MR) is 96.0 cm³/mol. The Morgan fingerprint density at radius 2 is 1.58 bits per heavy atom. The molecule has 3 aromatic rings. The summed E-state index contributed by atoms with van der Waals surface area (Å²) in [6, 6.07) is 12.0. The monoisotopic (exact) mass is 342 g/mol. The highest BCUT2D eigenvalue weighted by atomic mass is 32.2. The van der Waals surface area contributed by atoms with Crippen molar-refractivity contribution < 1.29 is 8.42 Å². The second kappa shape index (κ2) is 5.79. The number of hydrogen-bond acceptors (Lipinski definition) is 3. The molecule has 0 amide bonds. The van der Waals surface area contributed by atoms with Gasteiger partial charge in [0.2, 0.25) is 5.56 Å². The zero-order valence-electron chi connectivity index (χ0n) is 13.7. The second-order valence-corrected chi connectivity index (χ2v) is 7.62. The Balaban J connectivity index is 2.20. The fraction of sp³-hybridized carbons (Fsp3) is 0.167. The first-order valence-corrected chi connectivity index (χ1v) is 8.98. The van der Waals surface area contributed by atoms with Gasteiger partial charge in [-0.05, 0) is 56.2 Å². The van der Waals surface area contributed by atoms with Crippen molar-refractivity contribution in [2.24, 2.45) is 0 Å². The molecular weight excluding hydrogens is 324 g/mol. The van der Waals surface area contributed by atoms with Crippen molar-refractivity contribution >= 4 is 26.6 Å². The summed E-state index contributed by atoms with van der Waals surface area (Å²) in [5.41, 5.74) is 3.07. The van der Waals surface area contributed by atoms with Crippen LogP contribution in [0.1, 0.15) is 16.7 Å². The molecule has 6 heteroatoms. The highest BCUT2D eigenvalue weighted by Gasteiger charge is 2.20. The SMILES string of the molecule is Cc1ccc(NS(=O)(=O)c2cc(C)cc3c(C)cc(=O)[nH]c23)cc1. The molecule has 2 aromatic carbocycles. The number of fused-ring (bicyclic) bond motifs is 1. The van der Waals surface area contributed by atoms with Crippen LogP contribution in [-0.2, 0) is 10.0 Å². The lowest BCUT2D eigenvalue weighted by Crippen LogP contribution is -2.16. The standard InChI is InChI=1S/C18H18N2O3S/c1-11-4-6-14(7-5-11)20-24(22,23)16-9-12(2)8-15-13(3)10-17(21)19-18(15)16/h4-10,20H,1-3H3,(H,19,21). The molecule has 0 aliphatic carbocycles. The van der Waals surface area contributed by atoms with E-state index in [1.54, 1.807) is 25.1 Å². The third-order valence-electron chi connectivity index (χ3n) is 3.86. The lowest BCUT2D eigenvalue weighted by Gasteiger charge is -2.12. The minimum atomic E-state index is -3.83.